The van der Waals surface area contributed by atoms with E-state index >= 15 is 0 Å². The van der Waals surface area contributed by atoms with E-state index in [1.807, 2.05) is 6.92 Å². The van der Waals surface area contributed by atoms with Crippen molar-refractivity contribution in [2.75, 3.05) is 18.0 Å². The molecule has 3 rings (SSSR count). The number of piperidine rings is 1. The molecule has 0 radical (unpaired) electrons. The van der Waals surface area contributed by atoms with Crippen molar-refractivity contribution in [2.45, 2.75) is 33.1 Å². The van der Waals surface area contributed by atoms with Gasteiger partial charge in [0.15, 0.2) is 0 Å². The first kappa shape index (κ1) is 11.5. The Morgan fingerprint density at radius 2 is 1.78 bits per heavy atom. The van der Waals surface area contributed by atoms with Gasteiger partial charge < -0.3 is 4.90 Å². The van der Waals surface area contributed by atoms with Crippen molar-refractivity contribution in [3.05, 3.63) is 29.6 Å². The SMILES string of the molecule is Cc1nc(N2CCCCC2)c2cccc(C)c2n1. The molecule has 0 bridgehead atoms. The summed E-state index contributed by atoms with van der Waals surface area (Å²) < 4.78 is 0. The second-order valence-electron chi connectivity index (χ2n) is 5.11. The lowest BCUT2D eigenvalue weighted by Crippen LogP contribution is -2.30. The van der Waals surface area contributed by atoms with Gasteiger partial charge in [-0.1, -0.05) is 12.1 Å². The summed E-state index contributed by atoms with van der Waals surface area (Å²) in [7, 11) is 0. The normalized spacial score (nSPS) is 16.2. The largest absolute Gasteiger partial charge is 0.356 e. The molecule has 1 aliphatic heterocycles. The summed E-state index contributed by atoms with van der Waals surface area (Å²) in [5.74, 6) is 2.00. The monoisotopic (exact) mass is 241 g/mol. The van der Waals surface area contributed by atoms with Crippen LogP contribution in [0.3, 0.4) is 0 Å². The zero-order chi connectivity index (χ0) is 12.5. The van der Waals surface area contributed by atoms with Crippen molar-refractivity contribution >= 4 is 16.7 Å². The van der Waals surface area contributed by atoms with Gasteiger partial charge >= 0.3 is 0 Å². The number of rotatable bonds is 1. The molecule has 3 nitrogen and oxygen atoms in total. The average molecular weight is 241 g/mol. The maximum Gasteiger partial charge on any atom is 0.140 e. The van der Waals surface area contributed by atoms with E-state index in [1.54, 1.807) is 0 Å². The van der Waals surface area contributed by atoms with E-state index in [-0.39, 0.29) is 0 Å². The fourth-order valence-electron chi connectivity index (χ4n) is 2.73. The van der Waals surface area contributed by atoms with E-state index in [4.69, 9.17) is 0 Å². The van der Waals surface area contributed by atoms with Crippen molar-refractivity contribution in [2.24, 2.45) is 0 Å². The summed E-state index contributed by atoms with van der Waals surface area (Å²) in [6.45, 7) is 6.35. The summed E-state index contributed by atoms with van der Waals surface area (Å²) >= 11 is 0. The van der Waals surface area contributed by atoms with E-state index in [0.29, 0.717) is 0 Å². The maximum absolute atomic E-state index is 4.68. The molecule has 1 aromatic carbocycles. The Kier molecular flexibility index (Phi) is 2.90. The highest BCUT2D eigenvalue weighted by atomic mass is 15.2. The zero-order valence-electron chi connectivity index (χ0n) is 11.1. The molecule has 1 aliphatic rings. The molecule has 94 valence electrons. The third-order valence-corrected chi connectivity index (χ3v) is 3.68. The summed E-state index contributed by atoms with van der Waals surface area (Å²) in [6.07, 6.45) is 3.89. The predicted octanol–water partition coefficient (Wildman–Crippen LogP) is 3.24. The Hall–Kier alpha value is -1.64. The van der Waals surface area contributed by atoms with Crippen LogP contribution in [0, 0.1) is 13.8 Å². The van der Waals surface area contributed by atoms with Gasteiger partial charge in [-0.3, -0.25) is 0 Å². The quantitative estimate of drug-likeness (QED) is 0.767. The molecular formula is C15H19N3. The molecule has 0 amide bonds. The Balaban J connectivity index is 2.18. The smallest absolute Gasteiger partial charge is 0.140 e. The second kappa shape index (κ2) is 4.56. The van der Waals surface area contributed by atoms with Crippen molar-refractivity contribution in [1.82, 2.24) is 9.97 Å². The Morgan fingerprint density at radius 1 is 1.00 bits per heavy atom. The van der Waals surface area contributed by atoms with Crippen LogP contribution in [0.5, 0.6) is 0 Å². The van der Waals surface area contributed by atoms with E-state index in [2.05, 4.69) is 40.0 Å². The topological polar surface area (TPSA) is 29.0 Å². The summed E-state index contributed by atoms with van der Waals surface area (Å²) in [5, 5.41) is 1.20. The van der Waals surface area contributed by atoms with Gasteiger partial charge in [0.1, 0.15) is 11.6 Å². The van der Waals surface area contributed by atoms with Gasteiger partial charge in [-0.15, -0.1) is 0 Å². The van der Waals surface area contributed by atoms with Gasteiger partial charge in [0.05, 0.1) is 5.52 Å². The van der Waals surface area contributed by atoms with Gasteiger partial charge in [-0.2, -0.15) is 0 Å². The fraction of sp³-hybridized carbons (Fsp3) is 0.467. The number of benzene rings is 1. The molecule has 0 spiro atoms. The minimum atomic E-state index is 0.873. The van der Waals surface area contributed by atoms with Crippen LogP contribution in [-0.4, -0.2) is 23.1 Å². The number of anilines is 1. The molecule has 0 aliphatic carbocycles. The minimum absolute atomic E-state index is 0.873. The first-order valence-electron chi connectivity index (χ1n) is 6.74. The summed E-state index contributed by atoms with van der Waals surface area (Å²) in [6, 6.07) is 6.37. The number of fused-ring (bicyclic) bond motifs is 1. The number of para-hydroxylation sites is 1. The Bertz CT molecular complexity index is 571. The first-order chi connectivity index (χ1) is 8.75. The standard InChI is InChI=1S/C15H19N3/c1-11-7-6-8-13-14(11)16-12(2)17-15(13)18-9-4-3-5-10-18/h6-8H,3-5,9-10H2,1-2H3. The zero-order valence-corrected chi connectivity index (χ0v) is 11.1. The van der Waals surface area contributed by atoms with Crippen LogP contribution in [0.15, 0.2) is 18.2 Å². The highest BCUT2D eigenvalue weighted by molar-refractivity contribution is 5.91. The van der Waals surface area contributed by atoms with Crippen LogP contribution < -0.4 is 4.90 Å². The number of hydrogen-bond donors (Lipinski definition) is 0. The van der Waals surface area contributed by atoms with Crippen LogP contribution in [0.1, 0.15) is 30.7 Å². The molecule has 2 heterocycles. The van der Waals surface area contributed by atoms with E-state index in [9.17, 15) is 0 Å². The predicted molar refractivity (Wildman–Crippen MR) is 75.1 cm³/mol. The summed E-state index contributed by atoms with van der Waals surface area (Å²) in [4.78, 5) is 11.7. The molecule has 1 aromatic heterocycles. The lowest BCUT2D eigenvalue weighted by molar-refractivity contribution is 0.574. The molecule has 3 heteroatoms. The molecule has 0 saturated carbocycles. The third-order valence-electron chi connectivity index (χ3n) is 3.68. The highest BCUT2D eigenvalue weighted by Gasteiger charge is 2.16. The van der Waals surface area contributed by atoms with Crippen LogP contribution in [0.25, 0.3) is 10.9 Å². The molecular weight excluding hydrogens is 222 g/mol. The van der Waals surface area contributed by atoms with Gasteiger partial charge in [0.25, 0.3) is 0 Å². The van der Waals surface area contributed by atoms with Crippen LogP contribution in [0.2, 0.25) is 0 Å². The van der Waals surface area contributed by atoms with E-state index in [1.165, 1.54) is 30.2 Å². The molecule has 0 atom stereocenters. The second-order valence-corrected chi connectivity index (χ2v) is 5.11. The maximum atomic E-state index is 4.68. The average Bonchev–Trinajstić information content (AvgIpc) is 2.40. The van der Waals surface area contributed by atoms with Gasteiger partial charge in [-0.25, -0.2) is 9.97 Å². The number of aryl methyl sites for hydroxylation is 2. The molecule has 0 unspecified atom stereocenters. The van der Waals surface area contributed by atoms with Crippen molar-refractivity contribution in [1.29, 1.82) is 0 Å². The molecule has 2 aromatic rings. The Morgan fingerprint density at radius 3 is 2.56 bits per heavy atom. The van der Waals surface area contributed by atoms with Crippen molar-refractivity contribution in [3.63, 3.8) is 0 Å². The number of nitrogens with zero attached hydrogens (tertiary/aromatic N) is 3. The van der Waals surface area contributed by atoms with E-state index in [0.717, 1.165) is 30.2 Å². The molecule has 0 N–H and O–H groups in total. The highest BCUT2D eigenvalue weighted by Crippen LogP contribution is 2.27. The van der Waals surface area contributed by atoms with E-state index < -0.39 is 0 Å². The van der Waals surface area contributed by atoms with Gasteiger partial charge in [-0.05, 0) is 44.7 Å². The third kappa shape index (κ3) is 1.94. The van der Waals surface area contributed by atoms with Crippen LogP contribution in [-0.2, 0) is 0 Å². The Labute approximate surface area is 108 Å². The lowest BCUT2D eigenvalue weighted by Gasteiger charge is -2.28. The fourth-order valence-corrected chi connectivity index (χ4v) is 2.73. The molecule has 1 saturated heterocycles. The van der Waals surface area contributed by atoms with Gasteiger partial charge in [0.2, 0.25) is 0 Å². The minimum Gasteiger partial charge on any atom is -0.356 e. The summed E-state index contributed by atoms with van der Waals surface area (Å²) in [5.41, 5.74) is 2.34. The first-order valence-corrected chi connectivity index (χ1v) is 6.74. The number of aromatic nitrogens is 2. The molecule has 1 fully saturated rings. The number of hydrogen-bond acceptors (Lipinski definition) is 3. The van der Waals surface area contributed by atoms with Crippen LogP contribution >= 0.6 is 0 Å². The van der Waals surface area contributed by atoms with Crippen molar-refractivity contribution in [3.8, 4) is 0 Å². The van der Waals surface area contributed by atoms with Gasteiger partial charge in [0, 0.05) is 18.5 Å². The molecule has 18 heavy (non-hydrogen) atoms. The van der Waals surface area contributed by atoms with Crippen molar-refractivity contribution < 1.29 is 0 Å². The lowest BCUT2D eigenvalue weighted by atomic mass is 10.1. The van der Waals surface area contributed by atoms with Crippen LogP contribution in [0.4, 0.5) is 5.82 Å².